The quantitative estimate of drug-likeness (QED) is 0.716. The molecule has 7 heteroatoms. The van der Waals surface area contributed by atoms with Crippen LogP contribution in [0.5, 0.6) is 17.2 Å². The van der Waals surface area contributed by atoms with Gasteiger partial charge in [-0.15, -0.1) is 0 Å². The Morgan fingerprint density at radius 3 is 2.19 bits per heavy atom. The first-order valence-electron chi connectivity index (χ1n) is 8.40. The first-order valence-corrected chi connectivity index (χ1v) is 8.40. The van der Waals surface area contributed by atoms with E-state index in [9.17, 15) is 9.59 Å². The van der Waals surface area contributed by atoms with Crippen LogP contribution >= 0.6 is 0 Å². The standard InChI is InChI=1S/C20H23NO6/c1-5-26-20(23)14-7-6-13(2)18(8-14)21-19(22)12-27-17-10-15(24-3)9-16(11-17)25-4/h6-11H,5,12H2,1-4H3,(H,21,22). The molecule has 0 atom stereocenters. The summed E-state index contributed by atoms with van der Waals surface area (Å²) in [6.07, 6.45) is 0. The van der Waals surface area contributed by atoms with Gasteiger partial charge in [-0.2, -0.15) is 0 Å². The van der Waals surface area contributed by atoms with Gasteiger partial charge in [-0.25, -0.2) is 4.79 Å². The van der Waals surface area contributed by atoms with Crippen molar-refractivity contribution in [1.29, 1.82) is 0 Å². The monoisotopic (exact) mass is 373 g/mol. The molecule has 144 valence electrons. The Morgan fingerprint density at radius 1 is 0.963 bits per heavy atom. The van der Waals surface area contributed by atoms with E-state index >= 15 is 0 Å². The van der Waals surface area contributed by atoms with Crippen LogP contribution < -0.4 is 19.5 Å². The van der Waals surface area contributed by atoms with Crippen LogP contribution in [0.3, 0.4) is 0 Å². The van der Waals surface area contributed by atoms with Crippen molar-refractivity contribution in [2.45, 2.75) is 13.8 Å². The fourth-order valence-electron chi connectivity index (χ4n) is 2.30. The van der Waals surface area contributed by atoms with Crippen molar-refractivity contribution in [2.75, 3.05) is 32.8 Å². The number of carbonyl (C=O) groups excluding carboxylic acids is 2. The van der Waals surface area contributed by atoms with E-state index in [4.69, 9.17) is 18.9 Å². The normalized spacial score (nSPS) is 10.1. The Bertz CT molecular complexity index is 796. The van der Waals surface area contributed by atoms with Crippen molar-refractivity contribution in [2.24, 2.45) is 0 Å². The molecular formula is C20H23NO6. The lowest BCUT2D eigenvalue weighted by molar-refractivity contribution is -0.118. The third-order valence-corrected chi connectivity index (χ3v) is 3.72. The molecule has 0 heterocycles. The second-order valence-electron chi connectivity index (χ2n) is 5.64. The zero-order valence-corrected chi connectivity index (χ0v) is 15.8. The minimum absolute atomic E-state index is 0.209. The Morgan fingerprint density at radius 2 is 1.59 bits per heavy atom. The molecule has 0 saturated carbocycles. The minimum atomic E-state index is -0.437. The lowest BCUT2D eigenvalue weighted by Crippen LogP contribution is -2.21. The number of esters is 1. The Hall–Kier alpha value is -3.22. The molecule has 0 aliphatic rings. The smallest absolute Gasteiger partial charge is 0.338 e. The van der Waals surface area contributed by atoms with Gasteiger partial charge >= 0.3 is 5.97 Å². The Kier molecular flexibility index (Phi) is 7.05. The van der Waals surface area contributed by atoms with Gasteiger partial charge in [-0.1, -0.05) is 6.07 Å². The molecule has 2 aromatic carbocycles. The molecule has 0 aromatic heterocycles. The number of aryl methyl sites for hydroxylation is 1. The summed E-state index contributed by atoms with van der Waals surface area (Å²) < 4.78 is 20.8. The van der Waals surface area contributed by atoms with E-state index in [1.54, 1.807) is 43.3 Å². The fourth-order valence-corrected chi connectivity index (χ4v) is 2.30. The van der Waals surface area contributed by atoms with E-state index in [1.165, 1.54) is 14.2 Å². The molecule has 1 amide bonds. The second-order valence-corrected chi connectivity index (χ2v) is 5.64. The second kappa shape index (κ2) is 9.47. The van der Waals surface area contributed by atoms with Crippen LogP contribution in [0.2, 0.25) is 0 Å². The molecule has 27 heavy (non-hydrogen) atoms. The van der Waals surface area contributed by atoms with E-state index in [1.807, 2.05) is 6.92 Å². The number of hydrogen-bond donors (Lipinski definition) is 1. The number of benzene rings is 2. The molecule has 0 radical (unpaired) electrons. The number of carbonyl (C=O) groups is 2. The molecule has 2 aromatic rings. The van der Waals surface area contributed by atoms with Gasteiger partial charge in [0.1, 0.15) is 17.2 Å². The first-order chi connectivity index (χ1) is 13.0. The van der Waals surface area contributed by atoms with Crippen LogP contribution in [0, 0.1) is 6.92 Å². The molecule has 0 aliphatic carbocycles. The molecule has 2 rings (SSSR count). The minimum Gasteiger partial charge on any atom is -0.496 e. The molecular weight excluding hydrogens is 350 g/mol. The van der Waals surface area contributed by atoms with Gasteiger partial charge in [0.25, 0.3) is 5.91 Å². The van der Waals surface area contributed by atoms with Crippen molar-refractivity contribution in [3.05, 3.63) is 47.5 Å². The van der Waals surface area contributed by atoms with Gasteiger partial charge in [-0.3, -0.25) is 4.79 Å². The van der Waals surface area contributed by atoms with Crippen molar-refractivity contribution < 1.29 is 28.5 Å². The number of methoxy groups -OCH3 is 2. The Balaban J connectivity index is 2.04. The number of rotatable bonds is 8. The van der Waals surface area contributed by atoms with E-state index < -0.39 is 5.97 Å². The highest BCUT2D eigenvalue weighted by Gasteiger charge is 2.12. The third-order valence-electron chi connectivity index (χ3n) is 3.72. The number of anilines is 1. The molecule has 1 N–H and O–H groups in total. The van der Waals surface area contributed by atoms with Gasteiger partial charge in [0, 0.05) is 23.9 Å². The van der Waals surface area contributed by atoms with Crippen LogP contribution in [0.4, 0.5) is 5.69 Å². The van der Waals surface area contributed by atoms with Crippen LogP contribution in [-0.2, 0) is 9.53 Å². The highest BCUT2D eigenvalue weighted by atomic mass is 16.5. The lowest BCUT2D eigenvalue weighted by Gasteiger charge is -2.12. The van der Waals surface area contributed by atoms with E-state index in [2.05, 4.69) is 5.32 Å². The summed E-state index contributed by atoms with van der Waals surface area (Å²) in [6.45, 7) is 3.64. The molecule has 0 bridgehead atoms. The molecule has 0 aliphatic heterocycles. The van der Waals surface area contributed by atoms with Crippen LogP contribution in [-0.4, -0.2) is 39.3 Å². The SMILES string of the molecule is CCOC(=O)c1ccc(C)c(NC(=O)COc2cc(OC)cc(OC)c2)c1. The number of ether oxygens (including phenoxy) is 4. The summed E-state index contributed by atoms with van der Waals surface area (Å²) in [5, 5.41) is 2.74. The van der Waals surface area contributed by atoms with E-state index in [0.717, 1.165) is 5.56 Å². The summed E-state index contributed by atoms with van der Waals surface area (Å²) in [5.41, 5.74) is 1.72. The van der Waals surface area contributed by atoms with Crippen molar-refractivity contribution >= 4 is 17.6 Å². The molecule has 0 spiro atoms. The maximum absolute atomic E-state index is 12.2. The molecule has 0 fully saturated rings. The van der Waals surface area contributed by atoms with Crippen LogP contribution in [0.15, 0.2) is 36.4 Å². The third kappa shape index (κ3) is 5.64. The van der Waals surface area contributed by atoms with Gasteiger partial charge < -0.3 is 24.3 Å². The van der Waals surface area contributed by atoms with E-state index in [-0.39, 0.29) is 19.1 Å². The maximum atomic E-state index is 12.2. The summed E-state index contributed by atoms with van der Waals surface area (Å²) in [7, 11) is 3.06. The molecule has 0 unspecified atom stereocenters. The lowest BCUT2D eigenvalue weighted by atomic mass is 10.1. The molecule has 0 saturated heterocycles. The zero-order valence-electron chi connectivity index (χ0n) is 15.8. The predicted molar refractivity (Wildman–Crippen MR) is 101 cm³/mol. The number of amides is 1. The maximum Gasteiger partial charge on any atom is 0.338 e. The highest BCUT2D eigenvalue weighted by molar-refractivity contribution is 5.96. The Labute approximate surface area is 158 Å². The van der Waals surface area contributed by atoms with Crippen molar-refractivity contribution in [3.63, 3.8) is 0 Å². The van der Waals surface area contributed by atoms with Gasteiger partial charge in [0.05, 0.1) is 26.4 Å². The zero-order chi connectivity index (χ0) is 19.8. The van der Waals surface area contributed by atoms with Crippen molar-refractivity contribution in [3.8, 4) is 17.2 Å². The first kappa shape index (κ1) is 20.1. The van der Waals surface area contributed by atoms with E-state index in [0.29, 0.717) is 28.5 Å². The summed E-state index contributed by atoms with van der Waals surface area (Å²) in [4.78, 5) is 24.1. The summed E-state index contributed by atoms with van der Waals surface area (Å²) in [6, 6.07) is 10.00. The van der Waals surface area contributed by atoms with Gasteiger partial charge in [0.2, 0.25) is 0 Å². The van der Waals surface area contributed by atoms with Crippen LogP contribution in [0.1, 0.15) is 22.8 Å². The fraction of sp³-hybridized carbons (Fsp3) is 0.300. The highest BCUT2D eigenvalue weighted by Crippen LogP contribution is 2.27. The van der Waals surface area contributed by atoms with Gasteiger partial charge in [-0.05, 0) is 31.5 Å². The van der Waals surface area contributed by atoms with Crippen LogP contribution in [0.25, 0.3) is 0 Å². The average Bonchev–Trinajstić information content (AvgIpc) is 2.67. The molecule has 7 nitrogen and oxygen atoms in total. The average molecular weight is 373 g/mol. The predicted octanol–water partition coefficient (Wildman–Crippen LogP) is 3.21. The summed E-state index contributed by atoms with van der Waals surface area (Å²) in [5.74, 6) is 0.762. The number of hydrogen-bond acceptors (Lipinski definition) is 6. The van der Waals surface area contributed by atoms with Gasteiger partial charge in [0.15, 0.2) is 6.61 Å². The topological polar surface area (TPSA) is 83.1 Å². The largest absolute Gasteiger partial charge is 0.496 e. The summed E-state index contributed by atoms with van der Waals surface area (Å²) >= 11 is 0. The van der Waals surface area contributed by atoms with Crippen molar-refractivity contribution in [1.82, 2.24) is 0 Å². The number of nitrogens with one attached hydrogen (secondary N) is 1.